The maximum Gasteiger partial charge on any atom is 0.323 e. The number of carboxylic acids is 1. The normalized spacial score (nSPS) is 13.8. The third kappa shape index (κ3) is 2.39. The summed E-state index contributed by atoms with van der Waals surface area (Å²) in [5, 5.41) is 9.15. The summed E-state index contributed by atoms with van der Waals surface area (Å²) < 4.78 is 0. The molecule has 0 saturated carbocycles. The fourth-order valence-electron chi connectivity index (χ4n) is 1.50. The molecule has 1 aromatic heterocycles. The Hall–Kier alpha value is -1.42. The summed E-state index contributed by atoms with van der Waals surface area (Å²) in [7, 11) is 1.82. The van der Waals surface area contributed by atoms with Gasteiger partial charge < -0.3 is 5.11 Å². The van der Waals surface area contributed by atoms with Crippen LogP contribution in [0, 0.1) is 0 Å². The van der Waals surface area contributed by atoms with E-state index in [9.17, 15) is 4.79 Å². The molecule has 0 saturated heterocycles. The van der Waals surface area contributed by atoms with Crippen LogP contribution in [-0.2, 0) is 4.79 Å². The van der Waals surface area contributed by atoms with Gasteiger partial charge in [-0.3, -0.25) is 14.7 Å². The highest BCUT2D eigenvalue weighted by molar-refractivity contribution is 5.77. The number of hydrogen-bond acceptors (Lipinski definition) is 3. The standard InChI is InChI=1S/C12H18N2O2/c1-9(10-5-7-13-8-6-10)14(4)12(2,3)11(15)16/h5-9H,1-4H3,(H,15,16). The maximum atomic E-state index is 11.1. The molecule has 0 amide bonds. The van der Waals surface area contributed by atoms with E-state index < -0.39 is 11.5 Å². The number of nitrogens with zero attached hydrogens (tertiary/aromatic N) is 2. The molecule has 1 atom stereocenters. The summed E-state index contributed by atoms with van der Waals surface area (Å²) in [4.78, 5) is 16.9. The Kier molecular flexibility index (Phi) is 3.65. The highest BCUT2D eigenvalue weighted by atomic mass is 16.4. The average molecular weight is 222 g/mol. The number of likely N-dealkylation sites (N-methyl/N-ethyl adjacent to an activating group) is 1. The fraction of sp³-hybridized carbons (Fsp3) is 0.500. The van der Waals surface area contributed by atoms with Gasteiger partial charge in [-0.05, 0) is 45.5 Å². The molecule has 4 heteroatoms. The van der Waals surface area contributed by atoms with Crippen molar-refractivity contribution >= 4 is 5.97 Å². The second kappa shape index (κ2) is 4.61. The number of rotatable bonds is 4. The second-order valence-corrected chi connectivity index (χ2v) is 4.43. The lowest BCUT2D eigenvalue weighted by Gasteiger charge is -2.36. The Morgan fingerprint density at radius 1 is 1.44 bits per heavy atom. The van der Waals surface area contributed by atoms with Crippen molar-refractivity contribution in [1.29, 1.82) is 0 Å². The first-order valence-electron chi connectivity index (χ1n) is 5.23. The lowest BCUT2D eigenvalue weighted by molar-refractivity contribution is -0.149. The molecule has 0 aromatic carbocycles. The summed E-state index contributed by atoms with van der Waals surface area (Å²) in [5.74, 6) is -0.823. The summed E-state index contributed by atoms with van der Waals surface area (Å²) in [6.45, 7) is 5.39. The van der Waals surface area contributed by atoms with E-state index in [0.29, 0.717) is 0 Å². The van der Waals surface area contributed by atoms with Crippen molar-refractivity contribution in [3.05, 3.63) is 30.1 Å². The van der Waals surface area contributed by atoms with Gasteiger partial charge in [-0.2, -0.15) is 0 Å². The zero-order chi connectivity index (χ0) is 12.3. The Morgan fingerprint density at radius 2 is 1.94 bits per heavy atom. The average Bonchev–Trinajstić information content (AvgIpc) is 2.28. The topological polar surface area (TPSA) is 53.4 Å². The molecular weight excluding hydrogens is 204 g/mol. The first kappa shape index (κ1) is 12.6. The van der Waals surface area contributed by atoms with E-state index in [2.05, 4.69) is 4.98 Å². The minimum absolute atomic E-state index is 0.0362. The molecule has 4 nitrogen and oxygen atoms in total. The van der Waals surface area contributed by atoms with Crippen LogP contribution in [0.1, 0.15) is 32.4 Å². The lowest BCUT2D eigenvalue weighted by atomic mass is 9.99. The largest absolute Gasteiger partial charge is 0.480 e. The van der Waals surface area contributed by atoms with Crippen molar-refractivity contribution in [1.82, 2.24) is 9.88 Å². The molecule has 0 spiro atoms. The quantitative estimate of drug-likeness (QED) is 0.845. The molecular formula is C12H18N2O2. The van der Waals surface area contributed by atoms with E-state index >= 15 is 0 Å². The van der Waals surface area contributed by atoms with Gasteiger partial charge in [0.15, 0.2) is 0 Å². The minimum Gasteiger partial charge on any atom is -0.480 e. The van der Waals surface area contributed by atoms with Gasteiger partial charge in [0.1, 0.15) is 5.54 Å². The predicted molar refractivity (Wildman–Crippen MR) is 62.1 cm³/mol. The van der Waals surface area contributed by atoms with Crippen LogP contribution in [0.15, 0.2) is 24.5 Å². The van der Waals surface area contributed by atoms with Crippen LogP contribution in [0.2, 0.25) is 0 Å². The predicted octanol–water partition coefficient (Wildman–Crippen LogP) is 1.94. The molecule has 0 aliphatic rings. The molecule has 1 N–H and O–H groups in total. The lowest BCUT2D eigenvalue weighted by Crippen LogP contribution is -2.48. The van der Waals surface area contributed by atoms with Crippen molar-refractivity contribution in [2.45, 2.75) is 32.4 Å². The van der Waals surface area contributed by atoms with Crippen LogP contribution in [0.5, 0.6) is 0 Å². The SMILES string of the molecule is CC(c1ccncc1)N(C)C(C)(C)C(=O)O. The van der Waals surface area contributed by atoms with E-state index in [0.717, 1.165) is 5.56 Å². The van der Waals surface area contributed by atoms with Gasteiger partial charge in [-0.15, -0.1) is 0 Å². The number of hydrogen-bond donors (Lipinski definition) is 1. The van der Waals surface area contributed by atoms with Crippen molar-refractivity contribution < 1.29 is 9.90 Å². The molecule has 1 heterocycles. The Balaban J connectivity index is 2.91. The zero-order valence-corrected chi connectivity index (χ0v) is 10.1. The Morgan fingerprint density at radius 3 is 2.38 bits per heavy atom. The monoisotopic (exact) mass is 222 g/mol. The van der Waals surface area contributed by atoms with E-state index in [-0.39, 0.29) is 6.04 Å². The number of aromatic nitrogens is 1. The van der Waals surface area contributed by atoms with Gasteiger partial charge >= 0.3 is 5.97 Å². The Bertz CT molecular complexity index is 363. The van der Waals surface area contributed by atoms with Gasteiger partial charge in [-0.25, -0.2) is 0 Å². The van der Waals surface area contributed by atoms with Crippen LogP contribution in [0.25, 0.3) is 0 Å². The molecule has 1 rings (SSSR count). The van der Waals surface area contributed by atoms with E-state index in [1.807, 2.05) is 31.0 Å². The van der Waals surface area contributed by atoms with Gasteiger partial charge in [0.05, 0.1) is 0 Å². The number of carbonyl (C=O) groups is 1. The number of pyridine rings is 1. The van der Waals surface area contributed by atoms with Gasteiger partial charge in [-0.1, -0.05) is 0 Å². The fourth-order valence-corrected chi connectivity index (χ4v) is 1.50. The summed E-state index contributed by atoms with van der Waals surface area (Å²) >= 11 is 0. The molecule has 0 fully saturated rings. The van der Waals surface area contributed by atoms with Gasteiger partial charge in [0, 0.05) is 18.4 Å². The van der Waals surface area contributed by atoms with Crippen LogP contribution in [0.4, 0.5) is 0 Å². The van der Waals surface area contributed by atoms with Crippen LogP contribution >= 0.6 is 0 Å². The first-order chi connectivity index (χ1) is 7.37. The van der Waals surface area contributed by atoms with Crippen molar-refractivity contribution in [2.24, 2.45) is 0 Å². The Labute approximate surface area is 95.9 Å². The summed E-state index contributed by atoms with van der Waals surface area (Å²) in [5.41, 5.74) is 0.176. The van der Waals surface area contributed by atoms with E-state index in [1.54, 1.807) is 26.2 Å². The van der Waals surface area contributed by atoms with E-state index in [1.165, 1.54) is 0 Å². The van der Waals surface area contributed by atoms with Gasteiger partial charge in [0.2, 0.25) is 0 Å². The van der Waals surface area contributed by atoms with Crippen molar-refractivity contribution in [2.75, 3.05) is 7.05 Å². The summed E-state index contributed by atoms with van der Waals surface area (Å²) in [6.07, 6.45) is 3.43. The van der Waals surface area contributed by atoms with Crippen LogP contribution < -0.4 is 0 Å². The zero-order valence-electron chi connectivity index (χ0n) is 10.1. The van der Waals surface area contributed by atoms with E-state index in [4.69, 9.17) is 5.11 Å². The molecule has 0 aliphatic carbocycles. The molecule has 16 heavy (non-hydrogen) atoms. The highest BCUT2D eigenvalue weighted by Gasteiger charge is 2.34. The molecule has 0 bridgehead atoms. The molecule has 1 aromatic rings. The van der Waals surface area contributed by atoms with Crippen molar-refractivity contribution in [3.63, 3.8) is 0 Å². The maximum absolute atomic E-state index is 11.1. The van der Waals surface area contributed by atoms with Gasteiger partial charge in [0.25, 0.3) is 0 Å². The molecule has 88 valence electrons. The van der Waals surface area contributed by atoms with Crippen LogP contribution in [0.3, 0.4) is 0 Å². The second-order valence-electron chi connectivity index (χ2n) is 4.43. The van der Waals surface area contributed by atoms with Crippen molar-refractivity contribution in [3.8, 4) is 0 Å². The minimum atomic E-state index is -0.886. The number of aliphatic carboxylic acids is 1. The first-order valence-corrected chi connectivity index (χ1v) is 5.23. The molecule has 0 aliphatic heterocycles. The van der Waals surface area contributed by atoms with Crippen LogP contribution in [-0.4, -0.2) is 33.5 Å². The third-order valence-electron chi connectivity index (χ3n) is 3.17. The molecule has 1 unspecified atom stereocenters. The third-order valence-corrected chi connectivity index (χ3v) is 3.17. The summed E-state index contributed by atoms with van der Waals surface area (Å²) in [6, 6.07) is 3.84. The molecule has 0 radical (unpaired) electrons. The highest BCUT2D eigenvalue weighted by Crippen LogP contribution is 2.25. The smallest absolute Gasteiger partial charge is 0.323 e. The number of carboxylic acid groups (broad SMARTS) is 1.